The van der Waals surface area contributed by atoms with Crippen molar-refractivity contribution in [1.29, 1.82) is 0 Å². The molecule has 0 saturated heterocycles. The van der Waals surface area contributed by atoms with Gasteiger partial charge in [-0.25, -0.2) is 4.98 Å². The van der Waals surface area contributed by atoms with Crippen molar-refractivity contribution in [2.75, 3.05) is 0 Å². The monoisotopic (exact) mass is 386 g/mol. The fraction of sp³-hybridized carbons (Fsp3) is 0.182. The number of rotatable bonds is 6. The van der Waals surface area contributed by atoms with Crippen LogP contribution in [0.3, 0.4) is 0 Å². The van der Waals surface area contributed by atoms with Gasteiger partial charge in [0.2, 0.25) is 0 Å². The lowest BCUT2D eigenvalue weighted by Gasteiger charge is -2.08. The molecule has 0 unspecified atom stereocenters. The predicted molar refractivity (Wildman–Crippen MR) is 110 cm³/mol. The minimum absolute atomic E-state index is 0.127. The van der Waals surface area contributed by atoms with Gasteiger partial charge in [0.25, 0.3) is 5.91 Å². The van der Waals surface area contributed by atoms with E-state index in [-0.39, 0.29) is 5.91 Å². The van der Waals surface area contributed by atoms with E-state index in [1.54, 1.807) is 10.9 Å². The van der Waals surface area contributed by atoms with Gasteiger partial charge < -0.3 is 5.32 Å². The zero-order chi connectivity index (χ0) is 20.2. The number of H-pyrrole nitrogens is 1. The summed E-state index contributed by atoms with van der Waals surface area (Å²) in [5.74, 6) is 1.32. The van der Waals surface area contributed by atoms with Gasteiger partial charge in [-0.1, -0.05) is 54.6 Å². The molecule has 0 aliphatic rings. The molecule has 7 heteroatoms. The number of carbonyl (C=O) groups excluding carboxylic acids is 1. The number of aromatic nitrogens is 5. The number of amides is 1. The number of nitrogens with one attached hydrogen (secondary N) is 2. The Hall–Kier alpha value is -3.74. The average Bonchev–Trinajstić information content (AvgIpc) is 3.33. The van der Waals surface area contributed by atoms with Crippen molar-refractivity contribution in [2.45, 2.75) is 19.9 Å². The van der Waals surface area contributed by atoms with Crippen molar-refractivity contribution in [3.05, 3.63) is 89.0 Å². The van der Waals surface area contributed by atoms with Gasteiger partial charge >= 0.3 is 0 Å². The highest BCUT2D eigenvalue weighted by molar-refractivity contribution is 5.95. The summed E-state index contributed by atoms with van der Waals surface area (Å²) in [5.41, 5.74) is 4.57. The summed E-state index contributed by atoms with van der Waals surface area (Å²) < 4.78 is 1.76. The molecule has 0 bridgehead atoms. The zero-order valence-electron chi connectivity index (χ0n) is 16.4. The predicted octanol–water partition coefficient (Wildman–Crippen LogP) is 3.03. The normalized spacial score (nSPS) is 10.8. The van der Waals surface area contributed by atoms with E-state index in [1.807, 2.05) is 68.6 Å². The third-order valence-corrected chi connectivity index (χ3v) is 4.78. The van der Waals surface area contributed by atoms with Crippen LogP contribution in [0.2, 0.25) is 0 Å². The Bertz CT molecular complexity index is 1110. The van der Waals surface area contributed by atoms with Crippen LogP contribution in [-0.2, 0) is 20.0 Å². The second-order valence-electron chi connectivity index (χ2n) is 6.91. The molecule has 2 aromatic carbocycles. The molecule has 2 N–H and O–H groups in total. The maximum atomic E-state index is 12.7. The summed E-state index contributed by atoms with van der Waals surface area (Å²) in [4.78, 5) is 17.1. The smallest absolute Gasteiger partial charge is 0.255 e. The molecule has 0 spiro atoms. The van der Waals surface area contributed by atoms with Crippen molar-refractivity contribution in [3.63, 3.8) is 0 Å². The summed E-state index contributed by atoms with van der Waals surface area (Å²) in [5, 5.41) is 14.3. The molecule has 29 heavy (non-hydrogen) atoms. The van der Waals surface area contributed by atoms with Gasteiger partial charge in [0.1, 0.15) is 5.82 Å². The van der Waals surface area contributed by atoms with Crippen molar-refractivity contribution in [2.24, 2.45) is 7.05 Å². The van der Waals surface area contributed by atoms with E-state index in [2.05, 4.69) is 25.6 Å². The minimum Gasteiger partial charge on any atom is -0.348 e. The number of hydrogen-bond donors (Lipinski definition) is 2. The molecule has 146 valence electrons. The van der Waals surface area contributed by atoms with Crippen LogP contribution in [0.15, 0.2) is 60.8 Å². The molecule has 0 fully saturated rings. The second kappa shape index (κ2) is 8.10. The fourth-order valence-corrected chi connectivity index (χ4v) is 3.17. The van der Waals surface area contributed by atoms with E-state index in [0.29, 0.717) is 24.4 Å². The molecule has 0 radical (unpaired) electrons. The molecule has 0 atom stereocenters. The van der Waals surface area contributed by atoms with Crippen LogP contribution in [-0.4, -0.2) is 30.9 Å². The molecule has 0 saturated carbocycles. The molecular weight excluding hydrogens is 364 g/mol. The highest BCUT2D eigenvalue weighted by Crippen LogP contribution is 2.16. The van der Waals surface area contributed by atoms with E-state index >= 15 is 0 Å². The molecule has 2 aromatic heterocycles. The van der Waals surface area contributed by atoms with Gasteiger partial charge in [0.05, 0.1) is 17.5 Å². The molecule has 0 aliphatic heterocycles. The van der Waals surface area contributed by atoms with E-state index in [4.69, 9.17) is 0 Å². The lowest BCUT2D eigenvalue weighted by Crippen LogP contribution is -2.24. The Morgan fingerprint density at radius 3 is 2.52 bits per heavy atom. The molecule has 0 aliphatic carbocycles. The van der Waals surface area contributed by atoms with Crippen LogP contribution in [0.1, 0.15) is 33.0 Å². The Morgan fingerprint density at radius 2 is 1.83 bits per heavy atom. The molecule has 1 amide bonds. The number of nitrogens with zero attached hydrogens (tertiary/aromatic N) is 4. The Balaban J connectivity index is 1.42. The molecule has 7 nitrogen and oxygen atoms in total. The SMILES string of the molecule is Cc1nc(-c2ccc(CNC(=O)c3cnn(C)c3Cc3ccccc3)cc2)n[nH]1. The maximum Gasteiger partial charge on any atom is 0.255 e. The molecule has 4 aromatic rings. The van der Waals surface area contributed by atoms with Gasteiger partial charge in [0, 0.05) is 25.6 Å². The number of hydrogen-bond acceptors (Lipinski definition) is 4. The summed E-state index contributed by atoms with van der Waals surface area (Å²) in [6, 6.07) is 17.9. The first-order valence-electron chi connectivity index (χ1n) is 9.41. The second-order valence-corrected chi connectivity index (χ2v) is 6.91. The van der Waals surface area contributed by atoms with Crippen LogP contribution in [0, 0.1) is 6.92 Å². The topological polar surface area (TPSA) is 88.5 Å². The van der Waals surface area contributed by atoms with Gasteiger partial charge in [-0.3, -0.25) is 14.6 Å². The van der Waals surface area contributed by atoms with Crippen LogP contribution in [0.5, 0.6) is 0 Å². The zero-order valence-corrected chi connectivity index (χ0v) is 16.4. The fourth-order valence-electron chi connectivity index (χ4n) is 3.17. The summed E-state index contributed by atoms with van der Waals surface area (Å²) in [7, 11) is 1.86. The number of benzene rings is 2. The van der Waals surface area contributed by atoms with Crippen molar-refractivity contribution >= 4 is 5.91 Å². The average molecular weight is 386 g/mol. The highest BCUT2D eigenvalue weighted by Gasteiger charge is 2.16. The molecular formula is C22H22N6O. The van der Waals surface area contributed by atoms with Crippen LogP contribution in [0.25, 0.3) is 11.4 Å². The maximum absolute atomic E-state index is 12.7. The van der Waals surface area contributed by atoms with Gasteiger partial charge in [-0.2, -0.15) is 10.2 Å². The summed E-state index contributed by atoms with van der Waals surface area (Å²) >= 11 is 0. The summed E-state index contributed by atoms with van der Waals surface area (Å²) in [6.45, 7) is 2.30. The first-order chi connectivity index (χ1) is 14.1. The molecule has 2 heterocycles. The lowest BCUT2D eigenvalue weighted by atomic mass is 10.1. The first kappa shape index (κ1) is 18.6. The lowest BCUT2D eigenvalue weighted by molar-refractivity contribution is 0.0950. The number of carbonyl (C=O) groups is 1. The van der Waals surface area contributed by atoms with Gasteiger partial charge in [-0.15, -0.1) is 0 Å². The van der Waals surface area contributed by atoms with E-state index < -0.39 is 0 Å². The highest BCUT2D eigenvalue weighted by atomic mass is 16.1. The first-order valence-corrected chi connectivity index (χ1v) is 9.41. The standard InChI is InChI=1S/C22H22N6O/c1-15-25-21(27-26-15)18-10-8-17(9-11-18)13-23-22(29)19-14-24-28(2)20(19)12-16-6-4-3-5-7-16/h3-11,14H,12-13H2,1-2H3,(H,23,29)(H,25,26,27). The largest absolute Gasteiger partial charge is 0.348 e. The van der Waals surface area contributed by atoms with Gasteiger partial charge in [0.15, 0.2) is 5.82 Å². The van der Waals surface area contributed by atoms with Crippen LogP contribution < -0.4 is 5.32 Å². The minimum atomic E-state index is -0.127. The van der Waals surface area contributed by atoms with Crippen molar-refractivity contribution in [3.8, 4) is 11.4 Å². The van der Waals surface area contributed by atoms with Crippen molar-refractivity contribution < 1.29 is 4.79 Å². The summed E-state index contributed by atoms with van der Waals surface area (Å²) in [6.07, 6.45) is 2.28. The third-order valence-electron chi connectivity index (χ3n) is 4.78. The quantitative estimate of drug-likeness (QED) is 0.533. The number of aromatic amines is 1. The Labute approximate surface area is 168 Å². The Morgan fingerprint density at radius 1 is 1.07 bits per heavy atom. The van der Waals surface area contributed by atoms with E-state index in [9.17, 15) is 4.79 Å². The van der Waals surface area contributed by atoms with Crippen molar-refractivity contribution in [1.82, 2.24) is 30.3 Å². The van der Waals surface area contributed by atoms with Crippen LogP contribution >= 0.6 is 0 Å². The van der Waals surface area contributed by atoms with Crippen LogP contribution in [0.4, 0.5) is 0 Å². The van der Waals surface area contributed by atoms with E-state index in [1.165, 1.54) is 0 Å². The Kier molecular flexibility index (Phi) is 5.20. The van der Waals surface area contributed by atoms with E-state index in [0.717, 1.165) is 28.2 Å². The van der Waals surface area contributed by atoms with Gasteiger partial charge in [-0.05, 0) is 18.1 Å². The molecule has 4 rings (SSSR count). The number of aryl methyl sites for hydroxylation is 2. The third kappa shape index (κ3) is 4.24.